The van der Waals surface area contributed by atoms with Gasteiger partial charge in [-0.2, -0.15) is 0 Å². The summed E-state index contributed by atoms with van der Waals surface area (Å²) in [4.78, 5) is 22.4. The van der Waals surface area contributed by atoms with E-state index in [0.717, 1.165) is 0 Å². The summed E-state index contributed by atoms with van der Waals surface area (Å²) in [6, 6.07) is -1.06. The van der Waals surface area contributed by atoms with Gasteiger partial charge in [0.05, 0.1) is 5.60 Å². The first kappa shape index (κ1) is 16.7. The molecule has 6 nitrogen and oxygen atoms in total. The molecule has 0 aromatic rings. The van der Waals surface area contributed by atoms with Crippen LogP contribution in [0.4, 0.5) is 4.79 Å². The van der Waals surface area contributed by atoms with Crippen molar-refractivity contribution in [1.29, 1.82) is 0 Å². The highest BCUT2D eigenvalue weighted by Gasteiger charge is 2.25. The van der Waals surface area contributed by atoms with Crippen LogP contribution in [0.5, 0.6) is 0 Å². The zero-order valence-electron chi connectivity index (χ0n) is 11.6. The number of aliphatic hydroxyl groups is 1. The molecule has 0 aliphatic carbocycles. The standard InChI is InChI=1S/C12H23NO5/c1-11(2,3)18-10(16)13-8(9(14)15)6-7-12(4,5)17/h8,17H,6-7H2,1-5H3,(H,13,16)(H,14,15)/t8-/m1/s1. The topological polar surface area (TPSA) is 95.9 Å². The number of amides is 1. The first-order valence-corrected chi connectivity index (χ1v) is 5.85. The average molecular weight is 261 g/mol. The lowest BCUT2D eigenvalue weighted by molar-refractivity contribution is -0.139. The number of alkyl carbamates (subject to hydrolysis) is 1. The molecule has 3 N–H and O–H groups in total. The SMILES string of the molecule is CC(C)(O)CC[C@@H](NC(=O)OC(C)(C)C)C(=O)O. The summed E-state index contributed by atoms with van der Waals surface area (Å²) in [6.45, 7) is 8.25. The molecule has 1 amide bonds. The highest BCUT2D eigenvalue weighted by atomic mass is 16.6. The van der Waals surface area contributed by atoms with Crippen molar-refractivity contribution in [3.05, 3.63) is 0 Å². The second-order valence-electron chi connectivity index (χ2n) is 5.89. The Balaban J connectivity index is 4.37. The van der Waals surface area contributed by atoms with E-state index in [4.69, 9.17) is 9.84 Å². The normalized spacial score (nSPS) is 13.9. The van der Waals surface area contributed by atoms with E-state index in [1.165, 1.54) is 0 Å². The van der Waals surface area contributed by atoms with Gasteiger partial charge in [-0.3, -0.25) is 0 Å². The number of hydrogen-bond acceptors (Lipinski definition) is 4. The number of aliphatic carboxylic acids is 1. The van der Waals surface area contributed by atoms with E-state index in [0.29, 0.717) is 0 Å². The molecule has 0 aliphatic heterocycles. The van der Waals surface area contributed by atoms with Gasteiger partial charge in [-0.15, -0.1) is 0 Å². The van der Waals surface area contributed by atoms with Crippen LogP contribution in [0.1, 0.15) is 47.5 Å². The summed E-state index contributed by atoms with van der Waals surface area (Å²) in [5, 5.41) is 20.8. The van der Waals surface area contributed by atoms with Crippen LogP contribution in [0.3, 0.4) is 0 Å². The zero-order valence-corrected chi connectivity index (χ0v) is 11.6. The number of carboxylic acids is 1. The summed E-state index contributed by atoms with van der Waals surface area (Å²) in [7, 11) is 0. The third-order valence-corrected chi connectivity index (χ3v) is 2.03. The highest BCUT2D eigenvalue weighted by molar-refractivity contribution is 5.79. The Kier molecular flexibility index (Phi) is 5.60. The maximum absolute atomic E-state index is 11.4. The fraction of sp³-hybridized carbons (Fsp3) is 0.833. The van der Waals surface area contributed by atoms with Crippen LogP contribution in [-0.4, -0.2) is 39.5 Å². The molecule has 0 rings (SSSR count). The number of rotatable bonds is 5. The van der Waals surface area contributed by atoms with Gasteiger partial charge in [0.2, 0.25) is 0 Å². The molecule has 0 bridgehead atoms. The molecule has 0 radical (unpaired) electrons. The van der Waals surface area contributed by atoms with Gasteiger partial charge >= 0.3 is 12.1 Å². The number of hydrogen-bond donors (Lipinski definition) is 3. The molecule has 106 valence electrons. The monoisotopic (exact) mass is 261 g/mol. The molecule has 18 heavy (non-hydrogen) atoms. The quantitative estimate of drug-likeness (QED) is 0.697. The fourth-order valence-electron chi connectivity index (χ4n) is 1.20. The molecular formula is C12H23NO5. The molecular weight excluding hydrogens is 238 g/mol. The molecule has 0 saturated carbocycles. The fourth-order valence-corrected chi connectivity index (χ4v) is 1.20. The van der Waals surface area contributed by atoms with E-state index >= 15 is 0 Å². The van der Waals surface area contributed by atoms with Gasteiger partial charge < -0.3 is 20.3 Å². The molecule has 0 heterocycles. The first-order chi connectivity index (χ1) is 7.91. The Bertz CT molecular complexity index is 301. The van der Waals surface area contributed by atoms with Crippen molar-refractivity contribution in [2.75, 3.05) is 0 Å². The Labute approximate surface area is 107 Å². The van der Waals surface area contributed by atoms with Crippen LogP contribution >= 0.6 is 0 Å². The predicted octanol–water partition coefficient (Wildman–Crippen LogP) is 1.52. The maximum Gasteiger partial charge on any atom is 0.408 e. The first-order valence-electron chi connectivity index (χ1n) is 5.85. The number of ether oxygens (including phenoxy) is 1. The lowest BCUT2D eigenvalue weighted by Crippen LogP contribution is -2.44. The third-order valence-electron chi connectivity index (χ3n) is 2.03. The van der Waals surface area contributed by atoms with Gasteiger partial charge in [-0.25, -0.2) is 9.59 Å². The predicted molar refractivity (Wildman–Crippen MR) is 66.3 cm³/mol. The second kappa shape index (κ2) is 6.04. The van der Waals surface area contributed by atoms with Crippen LogP contribution in [0, 0.1) is 0 Å². The Hall–Kier alpha value is -1.30. The summed E-state index contributed by atoms with van der Waals surface area (Å²) >= 11 is 0. The van der Waals surface area contributed by atoms with Crippen LogP contribution in [0.25, 0.3) is 0 Å². The number of carbonyl (C=O) groups excluding carboxylic acids is 1. The van der Waals surface area contributed by atoms with Crippen molar-refractivity contribution in [2.45, 2.75) is 64.7 Å². The smallest absolute Gasteiger partial charge is 0.408 e. The molecule has 1 atom stereocenters. The van der Waals surface area contributed by atoms with E-state index in [9.17, 15) is 14.7 Å². The van der Waals surface area contributed by atoms with E-state index in [1.807, 2.05) is 0 Å². The van der Waals surface area contributed by atoms with Crippen molar-refractivity contribution in [1.82, 2.24) is 5.32 Å². The molecule has 0 unspecified atom stereocenters. The maximum atomic E-state index is 11.4. The highest BCUT2D eigenvalue weighted by Crippen LogP contribution is 2.13. The van der Waals surface area contributed by atoms with Gasteiger partial charge in [0, 0.05) is 0 Å². The number of carboxylic acid groups (broad SMARTS) is 1. The molecule has 0 aromatic heterocycles. The van der Waals surface area contributed by atoms with Crippen molar-refractivity contribution in [2.24, 2.45) is 0 Å². The number of carbonyl (C=O) groups is 2. The van der Waals surface area contributed by atoms with Gasteiger partial charge in [-0.05, 0) is 47.5 Å². The summed E-state index contributed by atoms with van der Waals surface area (Å²) in [5.74, 6) is -1.15. The van der Waals surface area contributed by atoms with Gasteiger partial charge in [0.25, 0.3) is 0 Å². The minimum absolute atomic E-state index is 0.137. The van der Waals surface area contributed by atoms with Crippen molar-refractivity contribution >= 4 is 12.1 Å². The van der Waals surface area contributed by atoms with Gasteiger partial charge in [0.15, 0.2) is 0 Å². The van der Waals surface area contributed by atoms with E-state index in [-0.39, 0.29) is 12.8 Å². The minimum atomic E-state index is -1.15. The Morgan fingerprint density at radius 2 is 1.72 bits per heavy atom. The lowest BCUT2D eigenvalue weighted by atomic mass is 9.99. The summed E-state index contributed by atoms with van der Waals surface area (Å²) in [6.07, 6.45) is -0.372. The minimum Gasteiger partial charge on any atom is -0.480 e. The molecule has 0 aliphatic rings. The van der Waals surface area contributed by atoms with E-state index < -0.39 is 29.3 Å². The summed E-state index contributed by atoms with van der Waals surface area (Å²) < 4.78 is 4.97. The Morgan fingerprint density at radius 1 is 1.22 bits per heavy atom. The Morgan fingerprint density at radius 3 is 2.06 bits per heavy atom. The molecule has 0 saturated heterocycles. The average Bonchev–Trinajstić information content (AvgIpc) is 2.06. The van der Waals surface area contributed by atoms with E-state index in [2.05, 4.69) is 5.32 Å². The van der Waals surface area contributed by atoms with Crippen LogP contribution < -0.4 is 5.32 Å². The third kappa shape index (κ3) is 8.81. The van der Waals surface area contributed by atoms with E-state index in [1.54, 1.807) is 34.6 Å². The van der Waals surface area contributed by atoms with Gasteiger partial charge in [0.1, 0.15) is 11.6 Å². The second-order valence-corrected chi connectivity index (χ2v) is 5.89. The number of nitrogens with one attached hydrogen (secondary N) is 1. The van der Waals surface area contributed by atoms with Gasteiger partial charge in [-0.1, -0.05) is 0 Å². The lowest BCUT2D eigenvalue weighted by Gasteiger charge is -2.23. The molecule has 6 heteroatoms. The zero-order chi connectivity index (χ0) is 14.6. The van der Waals surface area contributed by atoms with Crippen molar-refractivity contribution in [3.8, 4) is 0 Å². The van der Waals surface area contributed by atoms with Crippen LogP contribution in [0.15, 0.2) is 0 Å². The van der Waals surface area contributed by atoms with Crippen LogP contribution in [0.2, 0.25) is 0 Å². The molecule has 0 spiro atoms. The van der Waals surface area contributed by atoms with Crippen molar-refractivity contribution in [3.63, 3.8) is 0 Å². The summed E-state index contributed by atoms with van der Waals surface area (Å²) in [5.41, 5.74) is -1.65. The van der Waals surface area contributed by atoms with Crippen LogP contribution in [-0.2, 0) is 9.53 Å². The molecule has 0 fully saturated rings. The molecule has 0 aromatic carbocycles. The largest absolute Gasteiger partial charge is 0.480 e. The van der Waals surface area contributed by atoms with Crippen molar-refractivity contribution < 1.29 is 24.5 Å².